The summed E-state index contributed by atoms with van der Waals surface area (Å²) in [7, 11) is 1.56. The number of aromatic amines is 1. The second-order valence-electron chi connectivity index (χ2n) is 7.27. The molecule has 0 spiro atoms. The number of hydrogen-bond acceptors (Lipinski definition) is 3. The Morgan fingerprint density at radius 3 is 2.61 bits per heavy atom. The van der Waals surface area contributed by atoms with E-state index in [1.807, 2.05) is 49.4 Å². The third kappa shape index (κ3) is 2.27. The van der Waals surface area contributed by atoms with Crippen LogP contribution in [0.1, 0.15) is 29.8 Å². The summed E-state index contributed by atoms with van der Waals surface area (Å²) in [5, 5.41) is 1.11. The van der Waals surface area contributed by atoms with Gasteiger partial charge in [0.2, 0.25) is 0 Å². The maximum Gasteiger partial charge on any atom is 0.328 e. The Balaban J connectivity index is 1.70. The van der Waals surface area contributed by atoms with E-state index in [0.29, 0.717) is 13.0 Å². The molecule has 3 aromatic rings. The largest absolute Gasteiger partial charge is 0.494 e. The van der Waals surface area contributed by atoms with Crippen LogP contribution in [0.25, 0.3) is 10.9 Å². The van der Waals surface area contributed by atoms with Crippen molar-refractivity contribution in [2.45, 2.75) is 25.4 Å². The topological polar surface area (TPSA) is 65.6 Å². The SMILES string of the molecule is CCOc1ccc([C@@H]2c3[nH]c4ccccc4c3C[C@@H]3C(=O)N(C)C(=O)N23)cc1. The Morgan fingerprint density at radius 2 is 1.86 bits per heavy atom. The molecule has 3 amide bonds. The number of benzene rings is 2. The molecule has 1 saturated heterocycles. The number of carbonyl (C=O) groups is 2. The molecule has 2 aliphatic heterocycles. The Bertz CT molecular complexity index is 1090. The lowest BCUT2D eigenvalue weighted by atomic mass is 9.89. The lowest BCUT2D eigenvalue weighted by Crippen LogP contribution is -2.44. The van der Waals surface area contributed by atoms with Gasteiger partial charge in [0.05, 0.1) is 6.61 Å². The number of imide groups is 1. The van der Waals surface area contributed by atoms with Crippen molar-refractivity contribution < 1.29 is 14.3 Å². The third-order valence-corrected chi connectivity index (χ3v) is 5.76. The predicted octanol–water partition coefficient (Wildman–Crippen LogP) is 3.47. The summed E-state index contributed by atoms with van der Waals surface area (Å²) >= 11 is 0. The fourth-order valence-corrected chi connectivity index (χ4v) is 4.47. The van der Waals surface area contributed by atoms with Gasteiger partial charge in [-0.05, 0) is 36.2 Å². The molecule has 5 rings (SSSR count). The molecule has 2 atom stereocenters. The van der Waals surface area contributed by atoms with Gasteiger partial charge in [-0.3, -0.25) is 14.6 Å². The normalized spacial score (nSPS) is 21.2. The molecule has 142 valence electrons. The lowest BCUT2D eigenvalue weighted by molar-refractivity contribution is -0.127. The van der Waals surface area contributed by atoms with Gasteiger partial charge in [-0.25, -0.2) is 4.79 Å². The molecule has 0 saturated carbocycles. The Labute approximate surface area is 162 Å². The van der Waals surface area contributed by atoms with Crippen molar-refractivity contribution >= 4 is 22.8 Å². The molecule has 2 aliphatic rings. The second kappa shape index (κ2) is 6.12. The zero-order valence-electron chi connectivity index (χ0n) is 15.8. The van der Waals surface area contributed by atoms with Crippen molar-refractivity contribution in [3.8, 4) is 5.75 Å². The van der Waals surface area contributed by atoms with Gasteiger partial charge in [-0.1, -0.05) is 30.3 Å². The van der Waals surface area contributed by atoms with E-state index in [-0.39, 0.29) is 18.0 Å². The smallest absolute Gasteiger partial charge is 0.328 e. The van der Waals surface area contributed by atoms with Crippen LogP contribution in [0.3, 0.4) is 0 Å². The summed E-state index contributed by atoms with van der Waals surface area (Å²) in [4.78, 5) is 32.2. The van der Waals surface area contributed by atoms with E-state index in [1.165, 1.54) is 4.90 Å². The van der Waals surface area contributed by atoms with Crippen LogP contribution in [-0.4, -0.2) is 46.4 Å². The number of amides is 3. The molecule has 0 bridgehead atoms. The van der Waals surface area contributed by atoms with Crippen molar-refractivity contribution in [2.75, 3.05) is 13.7 Å². The number of fused-ring (bicyclic) bond motifs is 4. The Kier molecular flexibility index (Phi) is 3.69. The van der Waals surface area contributed by atoms with Gasteiger partial charge in [0, 0.05) is 30.1 Å². The van der Waals surface area contributed by atoms with E-state index in [9.17, 15) is 9.59 Å². The number of likely N-dealkylation sites (N-methyl/N-ethyl adjacent to an activating group) is 1. The van der Waals surface area contributed by atoms with Crippen LogP contribution >= 0.6 is 0 Å². The summed E-state index contributed by atoms with van der Waals surface area (Å²) in [5.74, 6) is 0.647. The molecular weight excluding hydrogens is 354 g/mol. The molecule has 28 heavy (non-hydrogen) atoms. The van der Waals surface area contributed by atoms with Crippen molar-refractivity contribution in [2.24, 2.45) is 0 Å². The highest BCUT2D eigenvalue weighted by molar-refractivity contribution is 6.05. The second-order valence-corrected chi connectivity index (χ2v) is 7.27. The van der Waals surface area contributed by atoms with Gasteiger partial charge in [0.1, 0.15) is 17.8 Å². The number of rotatable bonds is 3. The van der Waals surface area contributed by atoms with Gasteiger partial charge in [0.25, 0.3) is 5.91 Å². The standard InChI is InChI=1S/C22H21N3O3/c1-3-28-14-10-8-13(9-11-14)20-19-16(15-6-4-5-7-17(15)23-19)12-18-21(26)24(2)22(27)25(18)20/h4-11,18,20,23H,3,12H2,1-2H3/t18-,20-/m1/s1. The number of H-pyrrole nitrogens is 1. The van der Waals surface area contributed by atoms with E-state index < -0.39 is 6.04 Å². The first-order valence-electron chi connectivity index (χ1n) is 9.52. The first-order chi connectivity index (χ1) is 13.6. The average Bonchev–Trinajstić information content (AvgIpc) is 3.19. The Morgan fingerprint density at radius 1 is 1.11 bits per heavy atom. The van der Waals surface area contributed by atoms with Gasteiger partial charge >= 0.3 is 6.03 Å². The molecule has 1 N–H and O–H groups in total. The number of nitrogens with one attached hydrogen (secondary N) is 1. The number of aromatic nitrogens is 1. The minimum Gasteiger partial charge on any atom is -0.494 e. The summed E-state index contributed by atoms with van der Waals surface area (Å²) in [6.07, 6.45) is 0.530. The third-order valence-electron chi connectivity index (χ3n) is 5.76. The van der Waals surface area contributed by atoms with Crippen LogP contribution in [0.2, 0.25) is 0 Å². The van der Waals surface area contributed by atoms with Gasteiger partial charge in [0.15, 0.2) is 0 Å². The number of carbonyl (C=O) groups excluding carboxylic acids is 2. The zero-order valence-corrected chi connectivity index (χ0v) is 15.8. The van der Waals surface area contributed by atoms with Crippen LogP contribution in [0.5, 0.6) is 5.75 Å². The fourth-order valence-electron chi connectivity index (χ4n) is 4.47. The van der Waals surface area contributed by atoms with Crippen LogP contribution in [0.4, 0.5) is 4.79 Å². The highest BCUT2D eigenvalue weighted by atomic mass is 16.5. The fraction of sp³-hybridized carbons (Fsp3) is 0.273. The summed E-state index contributed by atoms with van der Waals surface area (Å²) in [5.41, 5.74) is 4.08. The number of hydrogen-bond donors (Lipinski definition) is 1. The van der Waals surface area contributed by atoms with Crippen molar-refractivity contribution in [3.05, 3.63) is 65.4 Å². The minimum absolute atomic E-state index is 0.142. The van der Waals surface area contributed by atoms with E-state index in [2.05, 4.69) is 11.1 Å². The van der Waals surface area contributed by atoms with E-state index in [0.717, 1.165) is 33.5 Å². The molecule has 3 heterocycles. The monoisotopic (exact) mass is 375 g/mol. The van der Waals surface area contributed by atoms with Crippen LogP contribution < -0.4 is 4.74 Å². The quantitative estimate of drug-likeness (QED) is 0.713. The molecule has 0 aliphatic carbocycles. The number of urea groups is 1. The zero-order chi connectivity index (χ0) is 19.4. The lowest BCUT2D eigenvalue weighted by Gasteiger charge is -2.36. The molecule has 1 aromatic heterocycles. The van der Waals surface area contributed by atoms with Crippen molar-refractivity contribution in [1.29, 1.82) is 0 Å². The van der Waals surface area contributed by atoms with E-state index in [4.69, 9.17) is 4.74 Å². The van der Waals surface area contributed by atoms with Crippen molar-refractivity contribution in [1.82, 2.24) is 14.8 Å². The molecule has 1 fully saturated rings. The van der Waals surface area contributed by atoms with Gasteiger partial charge in [-0.15, -0.1) is 0 Å². The number of nitrogens with zero attached hydrogens (tertiary/aromatic N) is 2. The summed E-state index contributed by atoms with van der Waals surface area (Å²) in [6.45, 7) is 2.54. The molecular formula is C22H21N3O3. The number of para-hydroxylation sites is 1. The first-order valence-corrected chi connectivity index (χ1v) is 9.52. The highest BCUT2D eigenvalue weighted by Gasteiger charge is 2.51. The minimum atomic E-state index is -0.472. The molecule has 0 unspecified atom stereocenters. The Hall–Kier alpha value is -3.28. The summed E-state index contributed by atoms with van der Waals surface area (Å²) < 4.78 is 5.56. The van der Waals surface area contributed by atoms with Crippen LogP contribution in [-0.2, 0) is 11.2 Å². The van der Waals surface area contributed by atoms with Crippen molar-refractivity contribution in [3.63, 3.8) is 0 Å². The maximum absolute atomic E-state index is 12.9. The van der Waals surface area contributed by atoms with Gasteiger partial charge in [-0.2, -0.15) is 0 Å². The summed E-state index contributed by atoms with van der Waals surface area (Å²) in [6, 6.07) is 14.8. The van der Waals surface area contributed by atoms with Crippen LogP contribution in [0.15, 0.2) is 48.5 Å². The van der Waals surface area contributed by atoms with E-state index in [1.54, 1.807) is 11.9 Å². The average molecular weight is 375 g/mol. The van der Waals surface area contributed by atoms with E-state index >= 15 is 0 Å². The molecule has 2 aromatic carbocycles. The molecule has 0 radical (unpaired) electrons. The molecule has 6 nitrogen and oxygen atoms in total. The maximum atomic E-state index is 12.9. The first kappa shape index (κ1) is 16.9. The van der Waals surface area contributed by atoms with Crippen LogP contribution in [0, 0.1) is 0 Å². The highest BCUT2D eigenvalue weighted by Crippen LogP contribution is 2.43. The predicted molar refractivity (Wildman–Crippen MR) is 105 cm³/mol. The number of ether oxygens (including phenoxy) is 1. The van der Waals surface area contributed by atoms with Gasteiger partial charge < -0.3 is 9.72 Å². The molecule has 6 heteroatoms.